The van der Waals surface area contributed by atoms with E-state index in [9.17, 15) is 0 Å². The molecule has 0 saturated heterocycles. The number of aryl methyl sites for hydroxylation is 1. The predicted octanol–water partition coefficient (Wildman–Crippen LogP) is 4.26. The van der Waals surface area contributed by atoms with Gasteiger partial charge in [-0.15, -0.1) is 11.3 Å². The van der Waals surface area contributed by atoms with Crippen LogP contribution in [0.4, 0.5) is 0 Å². The van der Waals surface area contributed by atoms with Crippen LogP contribution in [0.5, 0.6) is 0 Å². The van der Waals surface area contributed by atoms with E-state index < -0.39 is 0 Å². The van der Waals surface area contributed by atoms with Gasteiger partial charge in [0.15, 0.2) is 15.1 Å². The highest BCUT2D eigenvalue weighted by atomic mass is 35.5. The molecule has 0 bridgehead atoms. The average molecular weight is 348 g/mol. The Morgan fingerprint density at radius 2 is 2.18 bits per heavy atom. The maximum atomic E-state index is 6.22. The Morgan fingerprint density at radius 1 is 1.27 bits per heavy atom. The largest absolute Gasteiger partial charge is 0.303 e. The fraction of sp³-hybridized carbons (Fsp3) is 0.143. The molecule has 0 fully saturated rings. The van der Waals surface area contributed by atoms with Crippen molar-refractivity contribution in [3.8, 4) is 0 Å². The molecule has 0 aliphatic heterocycles. The van der Waals surface area contributed by atoms with Gasteiger partial charge in [-0.1, -0.05) is 17.7 Å². The maximum absolute atomic E-state index is 6.22. The molecular formula is C14H10ClN5S2. The smallest absolute Gasteiger partial charge is 0.177 e. The van der Waals surface area contributed by atoms with Crippen LogP contribution in [0, 0.1) is 0 Å². The van der Waals surface area contributed by atoms with Crippen molar-refractivity contribution in [1.82, 2.24) is 24.5 Å². The summed E-state index contributed by atoms with van der Waals surface area (Å²) in [4.78, 5) is 17.6. The van der Waals surface area contributed by atoms with Crippen molar-refractivity contribution in [2.75, 3.05) is 0 Å². The quantitative estimate of drug-likeness (QED) is 0.554. The van der Waals surface area contributed by atoms with E-state index in [1.54, 1.807) is 23.9 Å². The molecule has 3 aromatic heterocycles. The van der Waals surface area contributed by atoms with Gasteiger partial charge >= 0.3 is 0 Å². The molecule has 5 nitrogen and oxygen atoms in total. The van der Waals surface area contributed by atoms with Crippen LogP contribution in [0.3, 0.4) is 0 Å². The number of aromatic nitrogens is 5. The summed E-state index contributed by atoms with van der Waals surface area (Å²) in [7, 11) is 0. The van der Waals surface area contributed by atoms with E-state index in [1.165, 1.54) is 11.8 Å². The second-order valence-electron chi connectivity index (χ2n) is 4.54. The van der Waals surface area contributed by atoms with Crippen LogP contribution in [0.1, 0.15) is 6.92 Å². The van der Waals surface area contributed by atoms with Crippen LogP contribution in [-0.4, -0.2) is 24.5 Å². The summed E-state index contributed by atoms with van der Waals surface area (Å²) in [5.74, 6) is 0. The summed E-state index contributed by atoms with van der Waals surface area (Å²) in [5.41, 5.74) is 2.56. The third-order valence-corrected chi connectivity index (χ3v) is 5.80. The number of benzene rings is 1. The topological polar surface area (TPSA) is 56.5 Å². The predicted molar refractivity (Wildman–Crippen MR) is 89.8 cm³/mol. The van der Waals surface area contributed by atoms with Gasteiger partial charge in [-0.25, -0.2) is 19.9 Å². The molecule has 1 aromatic carbocycles. The molecule has 0 atom stereocenters. The summed E-state index contributed by atoms with van der Waals surface area (Å²) < 4.78 is 3.99. The van der Waals surface area contributed by atoms with Crippen molar-refractivity contribution in [3.05, 3.63) is 35.7 Å². The lowest BCUT2D eigenvalue weighted by Gasteiger charge is -2.02. The van der Waals surface area contributed by atoms with E-state index in [0.717, 1.165) is 42.4 Å². The van der Waals surface area contributed by atoms with Gasteiger partial charge in [0.2, 0.25) is 0 Å². The van der Waals surface area contributed by atoms with Gasteiger partial charge in [-0.2, -0.15) is 0 Å². The summed E-state index contributed by atoms with van der Waals surface area (Å²) >= 11 is 9.33. The third kappa shape index (κ3) is 2.25. The first-order valence-corrected chi connectivity index (χ1v) is 8.66. The molecule has 8 heteroatoms. The number of halogens is 1. The molecule has 0 spiro atoms. The maximum Gasteiger partial charge on any atom is 0.177 e. The summed E-state index contributed by atoms with van der Waals surface area (Å²) in [6.45, 7) is 2.87. The summed E-state index contributed by atoms with van der Waals surface area (Å²) in [6, 6.07) is 5.76. The molecule has 0 aliphatic rings. The van der Waals surface area contributed by atoms with Crippen molar-refractivity contribution in [1.29, 1.82) is 0 Å². The molecule has 22 heavy (non-hydrogen) atoms. The Balaban J connectivity index is 1.80. The molecule has 4 rings (SSSR count). The standard InChI is InChI=1S/C14H10ClN5S2/c1-2-20-12-10(6-16-7-17-12)18-13(20)22-14-19-9-5-3-4-8(15)11(9)21-14/h3-7H,2H2,1H3. The van der Waals surface area contributed by atoms with Crippen molar-refractivity contribution in [3.63, 3.8) is 0 Å². The van der Waals surface area contributed by atoms with Crippen molar-refractivity contribution < 1.29 is 0 Å². The average Bonchev–Trinajstić information content (AvgIpc) is 3.08. The van der Waals surface area contributed by atoms with Crippen LogP contribution in [0.25, 0.3) is 21.4 Å². The van der Waals surface area contributed by atoms with Gasteiger partial charge in [0.25, 0.3) is 0 Å². The van der Waals surface area contributed by atoms with E-state index in [1.807, 2.05) is 18.2 Å². The van der Waals surface area contributed by atoms with Crippen molar-refractivity contribution >= 4 is 56.1 Å². The molecule has 0 amide bonds. The Kier molecular flexibility index (Phi) is 3.48. The van der Waals surface area contributed by atoms with Crippen molar-refractivity contribution in [2.24, 2.45) is 0 Å². The number of thiazole rings is 1. The second-order valence-corrected chi connectivity index (χ2v) is 7.16. The highest BCUT2D eigenvalue weighted by Gasteiger charge is 2.15. The van der Waals surface area contributed by atoms with E-state index in [4.69, 9.17) is 11.6 Å². The molecule has 0 saturated carbocycles. The van der Waals surface area contributed by atoms with E-state index >= 15 is 0 Å². The fourth-order valence-corrected chi connectivity index (χ4v) is 4.63. The summed E-state index contributed by atoms with van der Waals surface area (Å²) in [6.07, 6.45) is 3.27. The SMILES string of the molecule is CCn1c(Sc2nc3cccc(Cl)c3s2)nc2cncnc21. The van der Waals surface area contributed by atoms with Gasteiger partial charge in [0, 0.05) is 6.54 Å². The highest BCUT2D eigenvalue weighted by molar-refractivity contribution is 8.01. The highest BCUT2D eigenvalue weighted by Crippen LogP contribution is 2.37. The number of hydrogen-bond donors (Lipinski definition) is 0. The van der Waals surface area contributed by atoms with E-state index in [-0.39, 0.29) is 0 Å². The minimum absolute atomic E-state index is 0.733. The Labute approximate surface area is 139 Å². The number of imidazole rings is 1. The van der Waals surface area contributed by atoms with Crippen molar-refractivity contribution in [2.45, 2.75) is 23.0 Å². The summed E-state index contributed by atoms with van der Waals surface area (Å²) in [5, 5.41) is 1.60. The van der Waals surface area contributed by atoms with Gasteiger partial charge < -0.3 is 4.57 Å². The Hall–Kier alpha value is -1.70. The van der Waals surface area contributed by atoms with E-state index in [0.29, 0.717) is 0 Å². The number of fused-ring (bicyclic) bond motifs is 2. The van der Waals surface area contributed by atoms with Crippen LogP contribution < -0.4 is 0 Å². The lowest BCUT2D eigenvalue weighted by atomic mass is 10.3. The van der Waals surface area contributed by atoms with Gasteiger partial charge in [0.05, 0.1) is 21.4 Å². The lowest BCUT2D eigenvalue weighted by molar-refractivity contribution is 0.696. The molecule has 4 aromatic rings. The Morgan fingerprint density at radius 3 is 3.00 bits per heavy atom. The molecule has 110 valence electrons. The van der Waals surface area contributed by atoms with Crippen LogP contribution in [0.2, 0.25) is 5.02 Å². The van der Waals surface area contributed by atoms with Crippen LogP contribution in [0.15, 0.2) is 40.2 Å². The lowest BCUT2D eigenvalue weighted by Crippen LogP contribution is -1.97. The first kappa shape index (κ1) is 13.9. The van der Waals surface area contributed by atoms with E-state index in [2.05, 4.69) is 31.4 Å². The van der Waals surface area contributed by atoms with Gasteiger partial charge in [-0.3, -0.25) is 0 Å². The number of rotatable bonds is 3. The third-order valence-electron chi connectivity index (χ3n) is 3.22. The minimum Gasteiger partial charge on any atom is -0.303 e. The monoisotopic (exact) mass is 347 g/mol. The fourth-order valence-electron chi connectivity index (χ4n) is 2.24. The first-order valence-electron chi connectivity index (χ1n) is 6.65. The zero-order valence-electron chi connectivity index (χ0n) is 11.5. The zero-order valence-corrected chi connectivity index (χ0v) is 13.9. The normalized spacial score (nSPS) is 11.5. The van der Waals surface area contributed by atoms with Crippen LogP contribution >= 0.6 is 34.7 Å². The molecule has 0 N–H and O–H groups in total. The van der Waals surface area contributed by atoms with Gasteiger partial charge in [0.1, 0.15) is 11.8 Å². The molecule has 3 heterocycles. The molecular weight excluding hydrogens is 338 g/mol. The first-order chi connectivity index (χ1) is 10.8. The van der Waals surface area contributed by atoms with Crippen LogP contribution in [-0.2, 0) is 6.54 Å². The second kappa shape index (κ2) is 5.49. The van der Waals surface area contributed by atoms with Gasteiger partial charge in [-0.05, 0) is 30.8 Å². The molecule has 0 radical (unpaired) electrons. The minimum atomic E-state index is 0.733. The number of hydrogen-bond acceptors (Lipinski definition) is 6. The zero-order chi connectivity index (χ0) is 15.1. The number of nitrogens with zero attached hydrogens (tertiary/aromatic N) is 5. The Bertz CT molecular complexity index is 978. The molecule has 0 aliphatic carbocycles. The molecule has 0 unspecified atom stereocenters.